The molecule has 0 spiro atoms. The largest absolute Gasteiger partial charge is 0.494 e. The van der Waals surface area contributed by atoms with E-state index >= 15 is 0 Å². The van der Waals surface area contributed by atoms with Crippen LogP contribution in [0.15, 0.2) is 54.6 Å². The highest BCUT2D eigenvalue weighted by molar-refractivity contribution is 5.82. The van der Waals surface area contributed by atoms with Gasteiger partial charge in [-0.15, -0.1) is 0 Å². The lowest BCUT2D eigenvalue weighted by Crippen LogP contribution is -2.32. The molecule has 0 saturated heterocycles. The zero-order valence-corrected chi connectivity index (χ0v) is 12.6. The fourth-order valence-corrected chi connectivity index (χ4v) is 1.93. The highest BCUT2D eigenvalue weighted by Crippen LogP contribution is 2.24. The molecule has 0 aliphatic carbocycles. The molecule has 0 aromatic heterocycles. The molecule has 3 heteroatoms. The Morgan fingerprint density at radius 1 is 1.00 bits per heavy atom. The Kier molecular flexibility index (Phi) is 4.63. The van der Waals surface area contributed by atoms with Crippen LogP contribution in [-0.2, 0) is 0 Å². The van der Waals surface area contributed by atoms with Gasteiger partial charge in [-0.25, -0.2) is 0 Å². The smallest absolute Gasteiger partial charge is 0.119 e. The third-order valence-corrected chi connectivity index (χ3v) is 3.69. The number of hydrogen-bond acceptors (Lipinski definition) is 2. The minimum atomic E-state index is -0.315. The molecule has 21 heavy (non-hydrogen) atoms. The van der Waals surface area contributed by atoms with E-state index in [1.54, 1.807) is 0 Å². The maximum absolute atomic E-state index is 7.53. The zero-order valence-electron chi connectivity index (χ0n) is 12.6. The molecule has 0 saturated carbocycles. The van der Waals surface area contributed by atoms with Gasteiger partial charge in [0.2, 0.25) is 0 Å². The van der Waals surface area contributed by atoms with Gasteiger partial charge in [0.05, 0.1) is 12.4 Å². The molecule has 2 aromatic carbocycles. The lowest BCUT2D eigenvalue weighted by Gasteiger charge is -2.22. The van der Waals surface area contributed by atoms with Crippen LogP contribution in [0.1, 0.15) is 20.3 Å². The standard InChI is InChI=1S/C18H22N2O/c1-18(2,17(19)20)12-13-21-16-10-8-15(9-11-16)14-6-4-3-5-7-14/h3-11H,12-13H2,1-2H3,(H3,19,20). The van der Waals surface area contributed by atoms with Crippen LogP contribution in [0.3, 0.4) is 0 Å². The van der Waals surface area contributed by atoms with Gasteiger partial charge in [-0.2, -0.15) is 0 Å². The van der Waals surface area contributed by atoms with Gasteiger partial charge < -0.3 is 10.5 Å². The van der Waals surface area contributed by atoms with E-state index in [9.17, 15) is 0 Å². The van der Waals surface area contributed by atoms with Crippen LogP contribution in [0.25, 0.3) is 11.1 Å². The van der Waals surface area contributed by atoms with Crippen molar-refractivity contribution in [2.24, 2.45) is 11.1 Å². The van der Waals surface area contributed by atoms with Crippen LogP contribution in [0, 0.1) is 10.8 Å². The maximum Gasteiger partial charge on any atom is 0.119 e. The van der Waals surface area contributed by atoms with Crippen LogP contribution >= 0.6 is 0 Å². The minimum absolute atomic E-state index is 0.200. The number of nitrogens with two attached hydrogens (primary N) is 1. The van der Waals surface area contributed by atoms with E-state index in [4.69, 9.17) is 15.9 Å². The average Bonchev–Trinajstić information content (AvgIpc) is 2.48. The van der Waals surface area contributed by atoms with Gasteiger partial charge in [0, 0.05) is 5.41 Å². The molecule has 110 valence electrons. The number of amidine groups is 1. The zero-order chi connectivity index (χ0) is 15.3. The van der Waals surface area contributed by atoms with Crippen molar-refractivity contribution >= 4 is 5.84 Å². The minimum Gasteiger partial charge on any atom is -0.494 e. The summed E-state index contributed by atoms with van der Waals surface area (Å²) in [5, 5.41) is 7.53. The number of nitrogens with one attached hydrogen (secondary N) is 1. The maximum atomic E-state index is 7.53. The summed E-state index contributed by atoms with van der Waals surface area (Å²) < 4.78 is 5.73. The molecule has 0 amide bonds. The Balaban J connectivity index is 1.93. The lowest BCUT2D eigenvalue weighted by molar-refractivity contribution is 0.269. The highest BCUT2D eigenvalue weighted by atomic mass is 16.5. The third kappa shape index (κ3) is 4.09. The van der Waals surface area contributed by atoms with Crippen molar-refractivity contribution < 1.29 is 4.74 Å². The molecule has 2 rings (SSSR count). The summed E-state index contributed by atoms with van der Waals surface area (Å²) in [7, 11) is 0. The quantitative estimate of drug-likeness (QED) is 0.619. The summed E-state index contributed by atoms with van der Waals surface area (Å²) in [6, 6.07) is 18.3. The summed E-state index contributed by atoms with van der Waals surface area (Å²) in [6.07, 6.45) is 0.725. The van der Waals surface area contributed by atoms with Gasteiger partial charge in [0.25, 0.3) is 0 Å². The first kappa shape index (κ1) is 15.1. The van der Waals surface area contributed by atoms with Crippen molar-refractivity contribution in [1.82, 2.24) is 0 Å². The first-order chi connectivity index (χ1) is 9.99. The summed E-state index contributed by atoms with van der Waals surface area (Å²) in [5.74, 6) is 1.04. The molecule has 0 fully saturated rings. The number of benzene rings is 2. The van der Waals surface area contributed by atoms with Crippen LogP contribution in [0.2, 0.25) is 0 Å². The normalized spacial score (nSPS) is 11.1. The topological polar surface area (TPSA) is 59.1 Å². The van der Waals surface area contributed by atoms with E-state index in [0.29, 0.717) is 6.61 Å². The Morgan fingerprint density at radius 3 is 2.14 bits per heavy atom. The summed E-state index contributed by atoms with van der Waals surface area (Å²) in [6.45, 7) is 4.46. The molecule has 0 heterocycles. The molecule has 3 nitrogen and oxygen atoms in total. The van der Waals surface area contributed by atoms with E-state index in [0.717, 1.165) is 12.2 Å². The number of hydrogen-bond donors (Lipinski definition) is 2. The van der Waals surface area contributed by atoms with Gasteiger partial charge in [0.15, 0.2) is 0 Å². The average molecular weight is 282 g/mol. The molecule has 0 aliphatic heterocycles. The van der Waals surface area contributed by atoms with Crippen LogP contribution in [-0.4, -0.2) is 12.4 Å². The van der Waals surface area contributed by atoms with Gasteiger partial charge in [-0.3, -0.25) is 5.41 Å². The van der Waals surface area contributed by atoms with Crippen molar-refractivity contribution in [1.29, 1.82) is 5.41 Å². The molecule has 0 atom stereocenters. The second-order valence-corrected chi connectivity index (χ2v) is 5.79. The number of ether oxygens (including phenoxy) is 1. The van der Waals surface area contributed by atoms with E-state index in [-0.39, 0.29) is 11.3 Å². The molecular weight excluding hydrogens is 260 g/mol. The predicted molar refractivity (Wildman–Crippen MR) is 87.7 cm³/mol. The molecule has 3 N–H and O–H groups in total. The molecule has 0 unspecified atom stereocenters. The summed E-state index contributed by atoms with van der Waals surface area (Å²) >= 11 is 0. The van der Waals surface area contributed by atoms with Crippen LogP contribution in [0.5, 0.6) is 5.75 Å². The van der Waals surface area contributed by atoms with Crippen LogP contribution in [0.4, 0.5) is 0 Å². The Bertz CT molecular complexity index is 588. The van der Waals surface area contributed by atoms with Gasteiger partial charge in [0.1, 0.15) is 5.75 Å². The Hall–Kier alpha value is -2.29. The predicted octanol–water partition coefficient (Wildman–Crippen LogP) is 4.08. The fraction of sp³-hybridized carbons (Fsp3) is 0.278. The van der Waals surface area contributed by atoms with E-state index in [1.807, 2.05) is 44.2 Å². The molecule has 0 bridgehead atoms. The number of rotatable bonds is 6. The molecule has 0 radical (unpaired) electrons. The summed E-state index contributed by atoms with van der Waals surface area (Å²) in [5.41, 5.74) is 7.62. The van der Waals surface area contributed by atoms with Gasteiger partial charge in [-0.05, 0) is 29.7 Å². The van der Waals surface area contributed by atoms with Crippen molar-refractivity contribution in [2.75, 3.05) is 6.61 Å². The lowest BCUT2D eigenvalue weighted by atomic mass is 9.88. The second kappa shape index (κ2) is 6.44. The van der Waals surface area contributed by atoms with Gasteiger partial charge in [-0.1, -0.05) is 56.3 Å². The molecular formula is C18H22N2O. The Labute approximate surface area is 126 Å². The van der Waals surface area contributed by atoms with Crippen LogP contribution < -0.4 is 10.5 Å². The first-order valence-corrected chi connectivity index (χ1v) is 7.12. The van der Waals surface area contributed by atoms with Gasteiger partial charge >= 0.3 is 0 Å². The molecule has 2 aromatic rings. The SMILES string of the molecule is CC(C)(CCOc1ccc(-c2ccccc2)cc1)C(=N)N. The molecule has 0 aliphatic rings. The second-order valence-electron chi connectivity index (χ2n) is 5.79. The monoisotopic (exact) mass is 282 g/mol. The summed E-state index contributed by atoms with van der Waals surface area (Å²) in [4.78, 5) is 0. The highest BCUT2D eigenvalue weighted by Gasteiger charge is 2.21. The first-order valence-electron chi connectivity index (χ1n) is 7.12. The van der Waals surface area contributed by atoms with E-state index in [2.05, 4.69) is 24.3 Å². The van der Waals surface area contributed by atoms with Crippen molar-refractivity contribution in [2.45, 2.75) is 20.3 Å². The van der Waals surface area contributed by atoms with E-state index in [1.165, 1.54) is 11.1 Å². The third-order valence-electron chi connectivity index (χ3n) is 3.69. The van der Waals surface area contributed by atoms with E-state index < -0.39 is 0 Å². The van der Waals surface area contributed by atoms with Crippen molar-refractivity contribution in [3.8, 4) is 16.9 Å². The van der Waals surface area contributed by atoms with Crippen molar-refractivity contribution in [3.05, 3.63) is 54.6 Å². The fourth-order valence-electron chi connectivity index (χ4n) is 1.93. The van der Waals surface area contributed by atoms with Crippen molar-refractivity contribution in [3.63, 3.8) is 0 Å². The Morgan fingerprint density at radius 2 is 1.57 bits per heavy atom.